The minimum absolute atomic E-state index is 0.0774. The fourth-order valence-corrected chi connectivity index (χ4v) is 3.25. The second kappa shape index (κ2) is 8.55. The minimum atomic E-state index is -4.47. The molecule has 0 spiro atoms. The van der Waals surface area contributed by atoms with Gasteiger partial charge >= 0.3 is 6.18 Å². The molecular weight excluding hydrogens is 389 g/mol. The molecule has 2 N–H and O–H groups in total. The van der Waals surface area contributed by atoms with E-state index in [1.54, 1.807) is 12.1 Å². The molecule has 9 heteroatoms. The van der Waals surface area contributed by atoms with Gasteiger partial charge in [-0.3, -0.25) is 15.1 Å². The quantitative estimate of drug-likeness (QED) is 0.745. The molecule has 148 valence electrons. The fraction of sp³-hybridized carbons (Fsp3) is 0.316. The summed E-state index contributed by atoms with van der Waals surface area (Å²) in [6.07, 6.45) is 1.48. The summed E-state index contributed by atoms with van der Waals surface area (Å²) in [7, 11) is 0. The Labute approximate surface area is 165 Å². The van der Waals surface area contributed by atoms with E-state index in [2.05, 4.69) is 15.6 Å². The van der Waals surface area contributed by atoms with Crippen molar-refractivity contribution < 1.29 is 18.0 Å². The van der Waals surface area contributed by atoms with E-state index >= 15 is 0 Å². The lowest BCUT2D eigenvalue weighted by molar-refractivity contribution is -0.137. The average Bonchev–Trinajstić information content (AvgIpc) is 2.68. The minimum Gasteiger partial charge on any atom is -0.370 e. The summed E-state index contributed by atoms with van der Waals surface area (Å²) in [6.45, 7) is 1.52. The lowest BCUT2D eigenvalue weighted by atomic mass is 10.1. The van der Waals surface area contributed by atoms with Crippen LogP contribution in [0, 0.1) is 0 Å². The zero-order valence-electron chi connectivity index (χ0n) is 14.9. The molecule has 3 rings (SSSR count). The number of carbonyl (C=O) groups is 1. The van der Waals surface area contributed by atoms with Crippen molar-refractivity contribution in [3.05, 3.63) is 53.9 Å². The third-order valence-corrected chi connectivity index (χ3v) is 4.62. The molecule has 1 aromatic carbocycles. The summed E-state index contributed by atoms with van der Waals surface area (Å²) in [5.41, 5.74) is 0.364. The van der Waals surface area contributed by atoms with E-state index in [0.29, 0.717) is 11.3 Å². The topological polar surface area (TPSA) is 57.3 Å². The number of piperidine rings is 1. The molecule has 0 atom stereocenters. The zero-order chi connectivity index (χ0) is 20.1. The van der Waals surface area contributed by atoms with Crippen LogP contribution in [0.1, 0.15) is 35.2 Å². The van der Waals surface area contributed by atoms with Gasteiger partial charge in [0.1, 0.15) is 0 Å². The monoisotopic (exact) mass is 408 g/mol. The number of benzene rings is 1. The number of aromatic nitrogens is 1. The van der Waals surface area contributed by atoms with Gasteiger partial charge in [-0.1, -0.05) is 0 Å². The van der Waals surface area contributed by atoms with Crippen molar-refractivity contribution in [3.63, 3.8) is 0 Å². The number of hydrogen-bond donors (Lipinski definition) is 2. The highest BCUT2D eigenvalue weighted by atomic mass is 32.1. The molecular formula is C19H19F3N4OS. The smallest absolute Gasteiger partial charge is 0.370 e. The molecule has 5 nitrogen and oxygen atoms in total. The summed E-state index contributed by atoms with van der Waals surface area (Å²) in [5, 5.41) is 5.16. The highest BCUT2D eigenvalue weighted by Gasteiger charge is 2.31. The first-order valence-electron chi connectivity index (χ1n) is 8.83. The summed E-state index contributed by atoms with van der Waals surface area (Å²) in [5.74, 6) is -0.489. The number of alkyl halides is 3. The second-order valence-electron chi connectivity index (χ2n) is 6.43. The average molecular weight is 408 g/mol. The number of carbonyl (C=O) groups excluding carboxylic acids is 1. The van der Waals surface area contributed by atoms with Gasteiger partial charge in [0.05, 0.1) is 22.5 Å². The molecule has 1 aliphatic heterocycles. The normalized spacial score (nSPS) is 14.5. The van der Waals surface area contributed by atoms with Gasteiger partial charge in [-0.25, -0.2) is 0 Å². The molecule has 1 fully saturated rings. The molecule has 0 radical (unpaired) electrons. The van der Waals surface area contributed by atoms with E-state index in [0.717, 1.165) is 44.5 Å². The van der Waals surface area contributed by atoms with Crippen LogP contribution >= 0.6 is 12.2 Å². The molecule has 1 saturated heterocycles. The molecule has 0 aliphatic carbocycles. The molecule has 0 bridgehead atoms. The van der Waals surface area contributed by atoms with Crippen LogP contribution in [0.25, 0.3) is 0 Å². The second-order valence-corrected chi connectivity index (χ2v) is 6.84. The zero-order valence-corrected chi connectivity index (χ0v) is 15.7. The third kappa shape index (κ3) is 4.98. The van der Waals surface area contributed by atoms with Gasteiger partial charge in [0, 0.05) is 25.5 Å². The van der Waals surface area contributed by atoms with Crippen LogP contribution in [0.5, 0.6) is 0 Å². The van der Waals surface area contributed by atoms with Gasteiger partial charge in [0.15, 0.2) is 5.11 Å². The van der Waals surface area contributed by atoms with Crippen molar-refractivity contribution in [1.29, 1.82) is 0 Å². The number of anilines is 2. The predicted octanol–water partition coefficient (Wildman–Crippen LogP) is 4.22. The SMILES string of the molecule is O=C(NC(=S)Nc1cc(C(F)(F)F)ccc1N1CCCCC1)c1cccnc1. The van der Waals surface area contributed by atoms with Crippen LogP contribution in [0.4, 0.5) is 24.5 Å². The number of halogens is 3. The van der Waals surface area contributed by atoms with E-state index in [1.807, 2.05) is 4.90 Å². The Morgan fingerprint density at radius 1 is 1.14 bits per heavy atom. The van der Waals surface area contributed by atoms with Crippen molar-refractivity contribution in [2.24, 2.45) is 0 Å². The van der Waals surface area contributed by atoms with Crippen LogP contribution in [-0.2, 0) is 6.18 Å². The molecule has 1 amide bonds. The Bertz CT molecular complexity index is 852. The third-order valence-electron chi connectivity index (χ3n) is 4.42. The number of rotatable bonds is 3. The van der Waals surface area contributed by atoms with Gasteiger partial charge < -0.3 is 10.2 Å². The summed E-state index contributed by atoms with van der Waals surface area (Å²) in [4.78, 5) is 18.1. The summed E-state index contributed by atoms with van der Waals surface area (Å²) in [6, 6.07) is 6.70. The Morgan fingerprint density at radius 2 is 1.89 bits per heavy atom. The standard InChI is InChI=1S/C19H19F3N4OS/c20-19(21,22)14-6-7-16(26-9-2-1-3-10-26)15(11-14)24-18(28)25-17(27)13-5-4-8-23-12-13/h4-8,11-12H,1-3,9-10H2,(H2,24,25,27,28). The van der Waals surface area contributed by atoms with Crippen molar-refractivity contribution in [3.8, 4) is 0 Å². The largest absolute Gasteiger partial charge is 0.416 e. The summed E-state index contributed by atoms with van der Waals surface area (Å²) >= 11 is 5.15. The van der Waals surface area contributed by atoms with Gasteiger partial charge in [0.2, 0.25) is 0 Å². The Morgan fingerprint density at radius 3 is 2.54 bits per heavy atom. The van der Waals surface area contributed by atoms with E-state index < -0.39 is 17.6 Å². The van der Waals surface area contributed by atoms with Crippen LogP contribution in [0.3, 0.4) is 0 Å². The van der Waals surface area contributed by atoms with E-state index in [-0.39, 0.29) is 10.8 Å². The number of hydrogen-bond acceptors (Lipinski definition) is 4. The van der Waals surface area contributed by atoms with Gasteiger partial charge in [-0.15, -0.1) is 0 Å². The lowest BCUT2D eigenvalue weighted by Gasteiger charge is -2.31. The number of pyridine rings is 1. The van der Waals surface area contributed by atoms with Crippen LogP contribution in [-0.4, -0.2) is 29.1 Å². The lowest BCUT2D eigenvalue weighted by Crippen LogP contribution is -2.35. The van der Waals surface area contributed by atoms with Crippen molar-refractivity contribution in [1.82, 2.24) is 10.3 Å². The molecule has 2 heterocycles. The van der Waals surface area contributed by atoms with Gasteiger partial charge in [0.25, 0.3) is 5.91 Å². The van der Waals surface area contributed by atoms with Gasteiger partial charge in [-0.05, 0) is 61.8 Å². The summed E-state index contributed by atoms with van der Waals surface area (Å²) < 4.78 is 39.5. The molecule has 0 unspecified atom stereocenters. The van der Waals surface area contributed by atoms with Crippen molar-refractivity contribution in [2.45, 2.75) is 25.4 Å². The van der Waals surface area contributed by atoms with Crippen LogP contribution in [0.15, 0.2) is 42.7 Å². The van der Waals surface area contributed by atoms with Crippen molar-refractivity contribution >= 4 is 34.6 Å². The van der Waals surface area contributed by atoms with E-state index in [9.17, 15) is 18.0 Å². The highest BCUT2D eigenvalue weighted by molar-refractivity contribution is 7.80. The maximum absolute atomic E-state index is 13.2. The Hall–Kier alpha value is -2.68. The molecule has 1 aliphatic rings. The van der Waals surface area contributed by atoms with Crippen LogP contribution in [0.2, 0.25) is 0 Å². The van der Waals surface area contributed by atoms with Crippen LogP contribution < -0.4 is 15.5 Å². The first-order chi connectivity index (χ1) is 13.3. The Balaban J connectivity index is 1.81. The van der Waals surface area contributed by atoms with Gasteiger partial charge in [-0.2, -0.15) is 13.2 Å². The van der Waals surface area contributed by atoms with E-state index in [4.69, 9.17) is 12.2 Å². The maximum Gasteiger partial charge on any atom is 0.416 e. The van der Waals surface area contributed by atoms with E-state index in [1.165, 1.54) is 18.5 Å². The molecule has 2 aromatic rings. The van der Waals surface area contributed by atoms with Crippen molar-refractivity contribution in [2.75, 3.05) is 23.3 Å². The first-order valence-corrected chi connectivity index (χ1v) is 9.24. The molecule has 28 heavy (non-hydrogen) atoms. The predicted molar refractivity (Wildman–Crippen MR) is 105 cm³/mol. The maximum atomic E-state index is 13.2. The number of nitrogens with zero attached hydrogens (tertiary/aromatic N) is 2. The Kier molecular flexibility index (Phi) is 6.13. The molecule has 1 aromatic heterocycles. The number of nitrogens with one attached hydrogen (secondary N) is 2. The highest BCUT2D eigenvalue weighted by Crippen LogP contribution is 2.36. The number of thiocarbonyl (C=S) groups is 1. The number of amides is 1. The first kappa shape index (κ1) is 20.1. The fourth-order valence-electron chi connectivity index (χ4n) is 3.05. The molecule has 0 saturated carbocycles.